The molecule has 1 aromatic rings. The lowest BCUT2D eigenvalue weighted by atomic mass is 9.98. The van der Waals surface area contributed by atoms with Crippen LogP contribution in [-0.2, 0) is 16.8 Å². The van der Waals surface area contributed by atoms with Gasteiger partial charge in [-0.3, -0.25) is 9.69 Å². The van der Waals surface area contributed by atoms with E-state index in [1.165, 1.54) is 0 Å². The van der Waals surface area contributed by atoms with Gasteiger partial charge in [0.1, 0.15) is 0 Å². The van der Waals surface area contributed by atoms with Gasteiger partial charge in [0, 0.05) is 17.3 Å². The van der Waals surface area contributed by atoms with E-state index in [0.29, 0.717) is 0 Å². The Hall–Kier alpha value is -0.940. The second-order valence-electron chi connectivity index (χ2n) is 6.28. The molecule has 2 rings (SSSR count). The fourth-order valence-corrected chi connectivity index (χ4v) is 3.33. The number of amides is 1. The van der Waals surface area contributed by atoms with E-state index < -0.39 is 0 Å². The molecule has 0 aromatic carbocycles. The van der Waals surface area contributed by atoms with E-state index in [9.17, 15) is 4.79 Å². The van der Waals surface area contributed by atoms with Crippen molar-refractivity contribution >= 4 is 17.2 Å². The van der Waals surface area contributed by atoms with Crippen molar-refractivity contribution in [1.29, 1.82) is 0 Å². The number of carbonyl (C=O) groups is 1. The Labute approximate surface area is 119 Å². The number of rotatable bonds is 3. The van der Waals surface area contributed by atoms with Crippen molar-refractivity contribution in [3.05, 3.63) is 16.1 Å². The van der Waals surface area contributed by atoms with Gasteiger partial charge in [-0.15, -0.1) is 11.3 Å². The molecule has 106 valence electrons. The molecule has 1 aliphatic rings. The van der Waals surface area contributed by atoms with E-state index in [1.807, 2.05) is 0 Å². The Morgan fingerprint density at radius 3 is 2.84 bits per heavy atom. The van der Waals surface area contributed by atoms with Gasteiger partial charge in [0.25, 0.3) is 0 Å². The van der Waals surface area contributed by atoms with Crippen LogP contribution in [0.4, 0.5) is 0 Å². The number of nitrogens with zero attached hydrogens (tertiary/aromatic N) is 2. The molecule has 4 nitrogen and oxygen atoms in total. The molecule has 0 unspecified atom stereocenters. The largest absolute Gasteiger partial charge is 0.368 e. The molecule has 0 radical (unpaired) electrons. The maximum Gasteiger partial charge on any atom is 0.234 e. The third kappa shape index (κ3) is 3.54. The maximum atomic E-state index is 11.5. The van der Waals surface area contributed by atoms with Crippen LogP contribution in [0.2, 0.25) is 0 Å². The first-order chi connectivity index (χ1) is 8.88. The predicted octanol–water partition coefficient (Wildman–Crippen LogP) is 2.28. The second kappa shape index (κ2) is 5.59. The van der Waals surface area contributed by atoms with Crippen LogP contribution in [0.25, 0.3) is 0 Å². The topological polar surface area (TPSA) is 59.2 Å². The molecule has 1 atom stereocenters. The van der Waals surface area contributed by atoms with Gasteiger partial charge >= 0.3 is 0 Å². The zero-order valence-corrected chi connectivity index (χ0v) is 12.8. The van der Waals surface area contributed by atoms with E-state index >= 15 is 0 Å². The summed E-state index contributed by atoms with van der Waals surface area (Å²) in [5.74, 6) is -0.203. The Morgan fingerprint density at radius 1 is 1.53 bits per heavy atom. The van der Waals surface area contributed by atoms with Gasteiger partial charge in [-0.25, -0.2) is 4.98 Å². The Balaban J connectivity index is 2.07. The lowest BCUT2D eigenvalue weighted by Gasteiger charge is -2.32. The quantitative estimate of drug-likeness (QED) is 0.924. The van der Waals surface area contributed by atoms with Crippen LogP contribution >= 0.6 is 11.3 Å². The SMILES string of the molecule is CC(C)(C)c1nc(CN2CCCC[C@H]2C(N)=O)cs1. The van der Waals surface area contributed by atoms with E-state index in [1.54, 1.807) is 11.3 Å². The summed E-state index contributed by atoms with van der Waals surface area (Å²) in [5.41, 5.74) is 6.64. The molecule has 1 fully saturated rings. The fourth-order valence-electron chi connectivity index (χ4n) is 2.43. The lowest BCUT2D eigenvalue weighted by molar-refractivity contribution is -0.124. The number of hydrogen-bond acceptors (Lipinski definition) is 4. The summed E-state index contributed by atoms with van der Waals surface area (Å²) >= 11 is 1.70. The highest BCUT2D eigenvalue weighted by Crippen LogP contribution is 2.27. The normalized spacial score (nSPS) is 21.5. The van der Waals surface area contributed by atoms with Crippen molar-refractivity contribution in [2.24, 2.45) is 5.73 Å². The molecule has 1 saturated heterocycles. The van der Waals surface area contributed by atoms with Crippen LogP contribution in [0.3, 0.4) is 0 Å². The van der Waals surface area contributed by atoms with Crippen molar-refractivity contribution in [1.82, 2.24) is 9.88 Å². The summed E-state index contributed by atoms with van der Waals surface area (Å²) in [7, 11) is 0. The van der Waals surface area contributed by atoms with Gasteiger partial charge in [0.2, 0.25) is 5.91 Å². The smallest absolute Gasteiger partial charge is 0.234 e. The number of nitrogens with two attached hydrogens (primary N) is 1. The minimum atomic E-state index is -0.203. The van der Waals surface area contributed by atoms with Gasteiger partial charge in [-0.1, -0.05) is 27.2 Å². The Morgan fingerprint density at radius 2 is 2.26 bits per heavy atom. The van der Waals surface area contributed by atoms with E-state index in [0.717, 1.165) is 43.1 Å². The van der Waals surface area contributed by atoms with Crippen molar-refractivity contribution in [2.45, 2.75) is 58.0 Å². The molecule has 1 aromatic heterocycles. The molecular weight excluding hydrogens is 258 g/mol. The summed E-state index contributed by atoms with van der Waals surface area (Å²) < 4.78 is 0. The predicted molar refractivity (Wildman–Crippen MR) is 78.1 cm³/mol. The summed E-state index contributed by atoms with van der Waals surface area (Å²) in [6.07, 6.45) is 3.11. The number of carbonyl (C=O) groups excluding carboxylic acids is 1. The first-order valence-electron chi connectivity index (χ1n) is 6.86. The van der Waals surface area contributed by atoms with Crippen LogP contribution in [0.15, 0.2) is 5.38 Å². The van der Waals surface area contributed by atoms with E-state index in [4.69, 9.17) is 10.7 Å². The standard InChI is InChI=1S/C14H23N3OS/c1-14(2,3)13-16-10(9-19-13)8-17-7-5-4-6-11(17)12(15)18/h9,11H,4-8H2,1-3H3,(H2,15,18)/t11-/m0/s1. The van der Waals surface area contributed by atoms with Crippen LogP contribution < -0.4 is 5.73 Å². The molecule has 0 spiro atoms. The van der Waals surface area contributed by atoms with Crippen molar-refractivity contribution in [2.75, 3.05) is 6.54 Å². The minimum Gasteiger partial charge on any atom is -0.368 e. The molecule has 1 aliphatic heterocycles. The summed E-state index contributed by atoms with van der Waals surface area (Å²) in [4.78, 5) is 18.4. The Kier molecular flexibility index (Phi) is 4.26. The monoisotopic (exact) mass is 281 g/mol. The molecule has 0 bridgehead atoms. The summed E-state index contributed by atoms with van der Waals surface area (Å²) in [6, 6.07) is -0.117. The number of thiazole rings is 1. The Bertz CT molecular complexity index is 450. The van der Waals surface area contributed by atoms with Crippen molar-refractivity contribution in [3.8, 4) is 0 Å². The molecule has 1 amide bonds. The zero-order chi connectivity index (χ0) is 14.0. The van der Waals surface area contributed by atoms with E-state index in [-0.39, 0.29) is 17.4 Å². The molecule has 2 heterocycles. The summed E-state index contributed by atoms with van der Waals surface area (Å²) in [5, 5.41) is 3.25. The van der Waals surface area contributed by atoms with Crippen LogP contribution in [-0.4, -0.2) is 28.4 Å². The molecular formula is C14H23N3OS. The first-order valence-corrected chi connectivity index (χ1v) is 7.74. The van der Waals surface area contributed by atoms with Crippen LogP contribution in [0.5, 0.6) is 0 Å². The number of piperidine rings is 1. The molecule has 2 N–H and O–H groups in total. The van der Waals surface area contributed by atoms with Gasteiger partial charge in [-0.05, 0) is 19.4 Å². The first kappa shape index (κ1) is 14.5. The van der Waals surface area contributed by atoms with Gasteiger partial charge in [0.15, 0.2) is 0 Å². The highest BCUT2D eigenvalue weighted by atomic mass is 32.1. The van der Waals surface area contributed by atoms with Crippen molar-refractivity contribution in [3.63, 3.8) is 0 Å². The number of primary amides is 1. The average molecular weight is 281 g/mol. The zero-order valence-electron chi connectivity index (χ0n) is 12.0. The van der Waals surface area contributed by atoms with Crippen molar-refractivity contribution < 1.29 is 4.79 Å². The van der Waals surface area contributed by atoms with Gasteiger partial charge in [0.05, 0.1) is 16.7 Å². The lowest BCUT2D eigenvalue weighted by Crippen LogP contribution is -2.47. The van der Waals surface area contributed by atoms with Gasteiger partial charge in [-0.2, -0.15) is 0 Å². The fraction of sp³-hybridized carbons (Fsp3) is 0.714. The van der Waals surface area contributed by atoms with Crippen LogP contribution in [0.1, 0.15) is 50.7 Å². The second-order valence-corrected chi connectivity index (χ2v) is 7.14. The number of aromatic nitrogens is 1. The highest BCUT2D eigenvalue weighted by Gasteiger charge is 2.27. The highest BCUT2D eigenvalue weighted by molar-refractivity contribution is 7.09. The number of likely N-dealkylation sites (tertiary alicyclic amines) is 1. The van der Waals surface area contributed by atoms with Crippen LogP contribution in [0, 0.1) is 0 Å². The molecule has 0 aliphatic carbocycles. The molecule has 0 saturated carbocycles. The molecule has 5 heteroatoms. The van der Waals surface area contributed by atoms with Gasteiger partial charge < -0.3 is 5.73 Å². The average Bonchev–Trinajstić information content (AvgIpc) is 2.77. The summed E-state index contributed by atoms with van der Waals surface area (Å²) in [6.45, 7) is 8.18. The number of hydrogen-bond donors (Lipinski definition) is 1. The molecule has 19 heavy (non-hydrogen) atoms. The van der Waals surface area contributed by atoms with E-state index in [2.05, 4.69) is 31.1 Å². The minimum absolute atomic E-state index is 0.0912. The maximum absolute atomic E-state index is 11.5. The third-order valence-corrected chi connectivity index (χ3v) is 4.82. The third-order valence-electron chi connectivity index (χ3n) is 3.50.